The number of aryl methyl sites for hydroxylation is 3. The Balaban J connectivity index is 1.71. The molecule has 4 rings (SSSR count). The number of aromatic nitrogens is 3. The van der Waals surface area contributed by atoms with Crippen molar-refractivity contribution < 1.29 is 0 Å². The zero-order valence-corrected chi connectivity index (χ0v) is 19.7. The molecular weight excluding hydrogens is 424 g/mol. The second-order valence-corrected chi connectivity index (χ2v) is 9.79. The maximum atomic E-state index is 13.0. The fourth-order valence-corrected chi connectivity index (χ4v) is 5.60. The van der Waals surface area contributed by atoms with Crippen LogP contribution in [-0.2, 0) is 5.75 Å². The quantitative estimate of drug-likeness (QED) is 0.403. The summed E-state index contributed by atoms with van der Waals surface area (Å²) in [5.74, 6) is 1.02. The van der Waals surface area contributed by atoms with E-state index in [1.165, 1.54) is 28.7 Å². The molecule has 0 aliphatic heterocycles. The average molecular weight is 447 g/mol. The van der Waals surface area contributed by atoms with E-state index in [0.29, 0.717) is 27.6 Å². The maximum Gasteiger partial charge on any atom is 0.260 e. The van der Waals surface area contributed by atoms with Gasteiger partial charge in [-0.05, 0) is 51.3 Å². The van der Waals surface area contributed by atoms with Crippen LogP contribution in [0.4, 0.5) is 0 Å². The van der Waals surface area contributed by atoms with Crippen molar-refractivity contribution >= 4 is 33.3 Å². The molecule has 0 saturated heterocycles. The van der Waals surface area contributed by atoms with Crippen LogP contribution in [0.25, 0.3) is 21.3 Å². The number of benzene rings is 1. The molecule has 0 spiro atoms. The van der Waals surface area contributed by atoms with Gasteiger partial charge >= 0.3 is 0 Å². The summed E-state index contributed by atoms with van der Waals surface area (Å²) >= 11 is 2.96. The van der Waals surface area contributed by atoms with Crippen LogP contribution in [0.15, 0.2) is 34.1 Å². The van der Waals surface area contributed by atoms with Crippen molar-refractivity contribution in [1.82, 2.24) is 15.0 Å². The number of pyridine rings is 1. The second kappa shape index (κ2) is 8.29. The summed E-state index contributed by atoms with van der Waals surface area (Å²) in [7, 11) is 0. The molecular formula is C24H22N4OS2. The predicted octanol–water partition coefficient (Wildman–Crippen LogP) is 5.75. The van der Waals surface area contributed by atoms with Crippen LogP contribution >= 0.6 is 23.1 Å². The second-order valence-electron chi connectivity index (χ2n) is 7.62. The Labute approximate surface area is 189 Å². The lowest BCUT2D eigenvalue weighted by atomic mass is 10.0. The summed E-state index contributed by atoms with van der Waals surface area (Å²) in [6.07, 6.45) is 0. The van der Waals surface area contributed by atoms with Gasteiger partial charge in [0.1, 0.15) is 21.7 Å². The van der Waals surface area contributed by atoms with Crippen LogP contribution in [-0.4, -0.2) is 15.0 Å². The number of fused-ring (bicyclic) bond motifs is 1. The van der Waals surface area contributed by atoms with Crippen LogP contribution < -0.4 is 5.56 Å². The highest BCUT2D eigenvalue weighted by Gasteiger charge is 2.18. The minimum absolute atomic E-state index is 0.134. The molecule has 4 aromatic rings. The normalized spacial score (nSPS) is 11.1. The van der Waals surface area contributed by atoms with Gasteiger partial charge in [0.15, 0.2) is 0 Å². The molecule has 0 aliphatic rings. The summed E-state index contributed by atoms with van der Waals surface area (Å²) < 4.78 is 0. The number of nitrogens with one attached hydrogen (secondary N) is 1. The third kappa shape index (κ3) is 3.89. The fourth-order valence-electron chi connectivity index (χ4n) is 3.58. The number of rotatable bonds is 4. The number of aromatic amines is 1. The number of nitriles is 1. The minimum atomic E-state index is -0.134. The zero-order valence-electron chi connectivity index (χ0n) is 18.1. The number of thiophene rings is 1. The maximum absolute atomic E-state index is 13.0. The van der Waals surface area contributed by atoms with Crippen molar-refractivity contribution in [3.05, 3.63) is 73.3 Å². The van der Waals surface area contributed by atoms with E-state index in [1.54, 1.807) is 0 Å². The molecule has 3 aromatic heterocycles. The predicted molar refractivity (Wildman–Crippen MR) is 128 cm³/mol. The molecule has 0 fully saturated rings. The number of hydrogen-bond acceptors (Lipinski definition) is 6. The van der Waals surface area contributed by atoms with Gasteiger partial charge in [0.2, 0.25) is 0 Å². The first-order valence-corrected chi connectivity index (χ1v) is 11.7. The van der Waals surface area contributed by atoms with Crippen molar-refractivity contribution in [3.8, 4) is 17.2 Å². The zero-order chi connectivity index (χ0) is 22.3. The Kier molecular flexibility index (Phi) is 5.69. The molecule has 1 aromatic carbocycles. The van der Waals surface area contributed by atoms with Gasteiger partial charge in [-0.3, -0.25) is 4.79 Å². The van der Waals surface area contributed by atoms with Gasteiger partial charge < -0.3 is 4.98 Å². The monoisotopic (exact) mass is 446 g/mol. The summed E-state index contributed by atoms with van der Waals surface area (Å²) in [5, 5.41) is 10.9. The van der Waals surface area contributed by atoms with Crippen molar-refractivity contribution in [2.45, 2.75) is 45.4 Å². The minimum Gasteiger partial charge on any atom is -0.309 e. The lowest BCUT2D eigenvalue weighted by Crippen LogP contribution is -2.11. The Morgan fingerprint density at radius 1 is 1.06 bits per heavy atom. The molecule has 156 valence electrons. The van der Waals surface area contributed by atoms with E-state index < -0.39 is 0 Å². The van der Waals surface area contributed by atoms with Crippen LogP contribution in [0.2, 0.25) is 0 Å². The molecule has 0 unspecified atom stereocenters. The van der Waals surface area contributed by atoms with Crippen LogP contribution in [0.1, 0.15) is 38.6 Å². The number of nitrogens with zero attached hydrogens (tertiary/aromatic N) is 3. The Bertz CT molecular complexity index is 1410. The third-order valence-corrected chi connectivity index (χ3v) is 7.53. The van der Waals surface area contributed by atoms with E-state index in [2.05, 4.69) is 28.2 Å². The number of hydrogen-bond donors (Lipinski definition) is 1. The van der Waals surface area contributed by atoms with E-state index in [4.69, 9.17) is 4.98 Å². The molecule has 0 radical (unpaired) electrons. The van der Waals surface area contributed by atoms with Gasteiger partial charge in [0.05, 0.1) is 16.7 Å². The molecule has 0 bridgehead atoms. The topological polar surface area (TPSA) is 82.4 Å². The first kappa shape index (κ1) is 21.3. The third-order valence-electron chi connectivity index (χ3n) is 5.55. The molecule has 0 aliphatic carbocycles. The van der Waals surface area contributed by atoms with E-state index in [1.807, 2.05) is 46.8 Å². The smallest absolute Gasteiger partial charge is 0.260 e. The van der Waals surface area contributed by atoms with Gasteiger partial charge in [-0.2, -0.15) is 5.26 Å². The molecule has 0 atom stereocenters. The standard InChI is InChI=1S/C24H22N4OS2/c1-12-6-8-17(9-7-12)20-16(5)31-24-21(20)22(29)27-19(28-24)11-30-23-18(10-25)14(3)13(2)15(4)26-23/h6-9H,11H2,1-5H3,(H,27,28,29). The Morgan fingerprint density at radius 2 is 1.77 bits per heavy atom. The highest BCUT2D eigenvalue weighted by molar-refractivity contribution is 7.98. The van der Waals surface area contributed by atoms with Crippen molar-refractivity contribution in [1.29, 1.82) is 5.26 Å². The number of H-pyrrole nitrogens is 1. The fraction of sp³-hybridized carbons (Fsp3) is 0.250. The molecule has 1 N–H and O–H groups in total. The van der Waals surface area contributed by atoms with Gasteiger partial charge in [-0.15, -0.1) is 11.3 Å². The summed E-state index contributed by atoms with van der Waals surface area (Å²) in [5.41, 5.74) is 6.50. The first-order valence-electron chi connectivity index (χ1n) is 9.90. The van der Waals surface area contributed by atoms with Crippen LogP contribution in [0.3, 0.4) is 0 Å². The van der Waals surface area contributed by atoms with E-state index in [9.17, 15) is 10.1 Å². The van der Waals surface area contributed by atoms with E-state index >= 15 is 0 Å². The molecule has 0 saturated carbocycles. The number of thioether (sulfide) groups is 1. The molecule has 5 nitrogen and oxygen atoms in total. The highest BCUT2D eigenvalue weighted by atomic mass is 32.2. The molecule has 31 heavy (non-hydrogen) atoms. The summed E-state index contributed by atoms with van der Waals surface area (Å²) in [6.45, 7) is 9.94. The van der Waals surface area contributed by atoms with E-state index in [0.717, 1.165) is 37.7 Å². The molecule has 3 heterocycles. The van der Waals surface area contributed by atoms with Gasteiger partial charge in [0.25, 0.3) is 5.56 Å². The van der Waals surface area contributed by atoms with Gasteiger partial charge in [-0.25, -0.2) is 9.97 Å². The average Bonchev–Trinajstić information content (AvgIpc) is 3.07. The van der Waals surface area contributed by atoms with Gasteiger partial charge in [0, 0.05) is 16.1 Å². The summed E-state index contributed by atoms with van der Waals surface area (Å²) in [6, 6.07) is 10.5. The Hall–Kier alpha value is -2.95. The van der Waals surface area contributed by atoms with Crippen molar-refractivity contribution in [2.75, 3.05) is 0 Å². The Morgan fingerprint density at radius 3 is 2.45 bits per heavy atom. The molecule has 0 amide bonds. The molecule has 7 heteroatoms. The SMILES string of the molecule is Cc1ccc(-c2c(C)sc3nc(CSc4nc(C)c(C)c(C)c4C#N)[nH]c(=O)c23)cc1. The highest BCUT2D eigenvalue weighted by Crippen LogP contribution is 2.36. The van der Waals surface area contributed by atoms with Gasteiger partial charge in [-0.1, -0.05) is 41.6 Å². The van der Waals surface area contributed by atoms with Crippen molar-refractivity contribution in [2.24, 2.45) is 0 Å². The largest absolute Gasteiger partial charge is 0.309 e. The van der Waals surface area contributed by atoms with Crippen molar-refractivity contribution in [3.63, 3.8) is 0 Å². The lowest BCUT2D eigenvalue weighted by molar-refractivity contribution is 0.990. The van der Waals surface area contributed by atoms with Crippen LogP contribution in [0, 0.1) is 45.9 Å². The van der Waals surface area contributed by atoms with Crippen LogP contribution in [0.5, 0.6) is 0 Å². The summed E-state index contributed by atoms with van der Waals surface area (Å²) in [4.78, 5) is 27.1. The van der Waals surface area contributed by atoms with E-state index in [-0.39, 0.29) is 5.56 Å². The first-order chi connectivity index (χ1) is 14.8. The lowest BCUT2D eigenvalue weighted by Gasteiger charge is -2.10.